The van der Waals surface area contributed by atoms with Crippen molar-refractivity contribution >= 4 is 16.1 Å². The van der Waals surface area contributed by atoms with Crippen LogP contribution in [0.2, 0.25) is 0 Å². The maximum absolute atomic E-state index is 14.0. The van der Waals surface area contributed by atoms with Crippen molar-refractivity contribution in [3.63, 3.8) is 0 Å². The molecule has 0 saturated heterocycles. The summed E-state index contributed by atoms with van der Waals surface area (Å²) in [5.74, 6) is -0.584. The van der Waals surface area contributed by atoms with Gasteiger partial charge < -0.3 is 4.74 Å². The number of carbonyl (C=O) groups is 1. The maximum atomic E-state index is 14.0. The Balaban J connectivity index is 1.60. The number of ether oxygens (including phenoxy) is 1. The second-order valence-corrected chi connectivity index (χ2v) is 15.7. The lowest BCUT2D eigenvalue weighted by molar-refractivity contribution is -0.140. The molecule has 6 rings (SSSR count). The van der Waals surface area contributed by atoms with Gasteiger partial charge in [0.2, 0.25) is 0 Å². The average molecular weight is 575 g/mol. The minimum atomic E-state index is -4.41. The van der Waals surface area contributed by atoms with E-state index in [2.05, 4.69) is 77.9 Å². The number of hydrogen-bond donors (Lipinski definition) is 1. The highest BCUT2D eigenvalue weighted by Gasteiger charge is 2.47. The molecule has 3 atom stereocenters. The number of aryl methyl sites for hydroxylation is 1. The van der Waals surface area contributed by atoms with Crippen LogP contribution < -0.4 is 4.74 Å². The molecule has 0 aromatic heterocycles. The van der Waals surface area contributed by atoms with Crippen LogP contribution in [0.1, 0.15) is 124 Å². The molecule has 218 valence electrons. The van der Waals surface area contributed by atoms with Crippen LogP contribution in [0.3, 0.4) is 0 Å². The highest BCUT2D eigenvalue weighted by Crippen LogP contribution is 2.57. The molecule has 6 heteroatoms. The quantitative estimate of drug-likeness (QED) is 0.193. The van der Waals surface area contributed by atoms with Crippen LogP contribution in [0.25, 0.3) is 0 Å². The maximum Gasteiger partial charge on any atom is 0.315 e. The summed E-state index contributed by atoms with van der Waals surface area (Å²) < 4.78 is 40.0. The largest absolute Gasteiger partial charge is 0.426 e. The Morgan fingerprint density at radius 2 is 1.41 bits per heavy atom. The number of carbonyl (C=O) groups excluding carboxylic acids is 1. The van der Waals surface area contributed by atoms with Gasteiger partial charge in [-0.3, -0.25) is 9.35 Å². The van der Waals surface area contributed by atoms with Crippen LogP contribution in [-0.4, -0.2) is 18.9 Å². The molecule has 0 radical (unpaired) electrons. The standard InChI is InChI=1S/C35H42O5S/c1-19(2)25-18-30(20(3)14-31(25)41(37,38)39)40-33(36)29-17-27-23-12-10-22(35(7,8)9)16-28(23)32(29)24-13-11-21(15-26(24)27)34(4,5)6/h10-16,18-19,27,29,32H,17H2,1-9H3,(H,37,38,39). The third kappa shape index (κ3) is 5.25. The highest BCUT2D eigenvalue weighted by atomic mass is 32.2. The van der Waals surface area contributed by atoms with E-state index in [1.165, 1.54) is 39.4 Å². The van der Waals surface area contributed by atoms with Gasteiger partial charge in [-0.15, -0.1) is 0 Å². The Hall–Kier alpha value is -2.96. The number of benzene rings is 3. The zero-order valence-corrected chi connectivity index (χ0v) is 26.4. The Labute approximate surface area is 245 Å². The van der Waals surface area contributed by atoms with Gasteiger partial charge in [0.25, 0.3) is 10.1 Å². The number of hydrogen-bond acceptors (Lipinski definition) is 4. The van der Waals surface area contributed by atoms with Crippen LogP contribution in [-0.2, 0) is 25.7 Å². The Morgan fingerprint density at radius 3 is 1.95 bits per heavy atom. The van der Waals surface area contributed by atoms with E-state index in [9.17, 15) is 17.8 Å². The Kier molecular flexibility index (Phi) is 7.06. The zero-order chi connectivity index (χ0) is 30.2. The second kappa shape index (κ2) is 9.81. The number of esters is 1. The van der Waals surface area contributed by atoms with Gasteiger partial charge in [-0.1, -0.05) is 91.8 Å². The molecule has 0 saturated carbocycles. The minimum Gasteiger partial charge on any atom is -0.426 e. The van der Waals surface area contributed by atoms with Crippen molar-refractivity contribution in [2.24, 2.45) is 5.92 Å². The lowest BCUT2D eigenvalue weighted by atomic mass is 9.58. The predicted molar refractivity (Wildman–Crippen MR) is 163 cm³/mol. The molecule has 3 unspecified atom stereocenters. The molecule has 3 aromatic rings. The first-order chi connectivity index (χ1) is 18.9. The van der Waals surface area contributed by atoms with Crippen molar-refractivity contribution in [1.82, 2.24) is 0 Å². The number of rotatable bonds is 4. The summed E-state index contributed by atoms with van der Waals surface area (Å²) in [5.41, 5.74) is 8.41. The van der Waals surface area contributed by atoms with E-state index >= 15 is 0 Å². The monoisotopic (exact) mass is 574 g/mol. The van der Waals surface area contributed by atoms with Gasteiger partial charge in [0.05, 0.1) is 10.8 Å². The van der Waals surface area contributed by atoms with Crippen LogP contribution in [0.15, 0.2) is 53.4 Å². The highest BCUT2D eigenvalue weighted by molar-refractivity contribution is 7.85. The van der Waals surface area contributed by atoms with Gasteiger partial charge in [-0.2, -0.15) is 8.42 Å². The van der Waals surface area contributed by atoms with Gasteiger partial charge >= 0.3 is 5.97 Å². The third-order valence-corrected chi connectivity index (χ3v) is 9.85. The molecule has 1 N–H and O–H groups in total. The number of fused-ring (bicyclic) bond motifs is 1. The molecule has 2 bridgehead atoms. The molecule has 0 amide bonds. The minimum absolute atomic E-state index is 0.0167. The van der Waals surface area contributed by atoms with E-state index in [4.69, 9.17) is 4.74 Å². The van der Waals surface area contributed by atoms with Crippen LogP contribution >= 0.6 is 0 Å². The van der Waals surface area contributed by atoms with Gasteiger partial charge in [-0.25, -0.2) is 0 Å². The SMILES string of the molecule is Cc1cc(S(=O)(=O)O)c(C(C)C)cc1OC(=O)C1CC2c3cc(C(C)(C)C)ccc3C1c1cc(C(C)(C)C)ccc12. The summed E-state index contributed by atoms with van der Waals surface area (Å²) >= 11 is 0. The molecule has 3 aliphatic rings. The third-order valence-electron chi connectivity index (χ3n) is 8.94. The fourth-order valence-corrected chi connectivity index (χ4v) is 7.46. The molecule has 0 fully saturated rings. The van der Waals surface area contributed by atoms with Crippen molar-refractivity contribution in [3.05, 3.63) is 93.0 Å². The Morgan fingerprint density at radius 1 is 0.854 bits per heavy atom. The lowest BCUT2D eigenvalue weighted by Gasteiger charge is -2.45. The molecule has 0 aliphatic heterocycles. The molecule has 5 nitrogen and oxygen atoms in total. The summed E-state index contributed by atoms with van der Waals surface area (Å²) in [7, 11) is -4.41. The van der Waals surface area contributed by atoms with Crippen molar-refractivity contribution < 1.29 is 22.5 Å². The van der Waals surface area contributed by atoms with Gasteiger partial charge in [0, 0.05) is 11.8 Å². The van der Waals surface area contributed by atoms with E-state index in [1.54, 1.807) is 13.0 Å². The van der Waals surface area contributed by atoms with Gasteiger partial charge in [0.1, 0.15) is 5.75 Å². The van der Waals surface area contributed by atoms with Crippen molar-refractivity contribution in [2.75, 3.05) is 0 Å². The molecule has 41 heavy (non-hydrogen) atoms. The van der Waals surface area contributed by atoms with E-state index < -0.39 is 10.1 Å². The van der Waals surface area contributed by atoms with Crippen LogP contribution in [0.4, 0.5) is 0 Å². The molecular weight excluding hydrogens is 532 g/mol. The summed E-state index contributed by atoms with van der Waals surface area (Å²) in [6.45, 7) is 18.7. The summed E-state index contributed by atoms with van der Waals surface area (Å²) in [4.78, 5) is 13.9. The topological polar surface area (TPSA) is 80.7 Å². The van der Waals surface area contributed by atoms with E-state index in [1.807, 2.05) is 13.8 Å². The fourth-order valence-electron chi connectivity index (χ4n) is 6.54. The average Bonchev–Trinajstić information content (AvgIpc) is 2.87. The summed E-state index contributed by atoms with van der Waals surface area (Å²) in [5, 5.41) is 0. The van der Waals surface area contributed by atoms with E-state index in [-0.39, 0.29) is 45.4 Å². The Bertz CT molecular complexity index is 1650. The van der Waals surface area contributed by atoms with Crippen LogP contribution in [0, 0.1) is 12.8 Å². The lowest BCUT2D eigenvalue weighted by Crippen LogP contribution is -2.38. The summed E-state index contributed by atoms with van der Waals surface area (Å²) in [6, 6.07) is 16.5. The fraction of sp³-hybridized carbons (Fsp3) is 0.457. The van der Waals surface area contributed by atoms with E-state index in [0.717, 1.165) is 0 Å². The second-order valence-electron chi connectivity index (χ2n) is 14.3. The molecular formula is C35H42O5S. The molecule has 3 aromatic carbocycles. The first-order valence-electron chi connectivity index (χ1n) is 14.5. The molecule has 3 aliphatic carbocycles. The van der Waals surface area contributed by atoms with Crippen molar-refractivity contribution in [3.8, 4) is 5.75 Å². The first-order valence-corrected chi connectivity index (χ1v) is 15.9. The normalized spacial score (nSPS) is 20.1. The van der Waals surface area contributed by atoms with Crippen LogP contribution in [0.5, 0.6) is 5.75 Å². The predicted octanol–water partition coefficient (Wildman–Crippen LogP) is 8.16. The molecule has 0 heterocycles. The van der Waals surface area contributed by atoms with Gasteiger partial charge in [0.15, 0.2) is 0 Å². The molecule has 0 spiro atoms. The zero-order valence-electron chi connectivity index (χ0n) is 25.6. The van der Waals surface area contributed by atoms with Gasteiger partial charge in [-0.05, 0) is 86.7 Å². The van der Waals surface area contributed by atoms with E-state index in [0.29, 0.717) is 23.3 Å². The van der Waals surface area contributed by atoms with Crippen molar-refractivity contribution in [2.45, 2.75) is 102 Å². The summed E-state index contributed by atoms with van der Waals surface area (Å²) in [6.07, 6.45) is 0.658. The smallest absolute Gasteiger partial charge is 0.315 e. The first kappa shape index (κ1) is 29.5. The van der Waals surface area contributed by atoms with Crippen molar-refractivity contribution in [1.29, 1.82) is 0 Å².